The fraction of sp³-hybridized carbons (Fsp3) is 0.100. The average molecular weight is 571 g/mol. The van der Waals surface area contributed by atoms with Gasteiger partial charge in [-0.25, -0.2) is 9.69 Å². The minimum Gasteiger partial charge on any atom is -0.494 e. The molecule has 4 amide bonds. The Morgan fingerprint density at radius 3 is 2.42 bits per heavy atom. The highest BCUT2D eigenvalue weighted by Gasteiger charge is 2.36. The van der Waals surface area contributed by atoms with E-state index < -0.39 is 17.8 Å². The van der Waals surface area contributed by atoms with Gasteiger partial charge in [-0.1, -0.05) is 48.5 Å². The van der Waals surface area contributed by atoms with Gasteiger partial charge in [-0.3, -0.25) is 14.9 Å². The van der Waals surface area contributed by atoms with Gasteiger partial charge in [0.25, 0.3) is 11.8 Å². The monoisotopic (exact) mass is 570 g/mol. The number of urea groups is 1. The SMILES string of the molecule is CCOc1ccc(N2C(=O)NC(=O)/C(=C\c3ccc(OCc4cccc5ccccc45)c(Br)c3)C2=O)cc1. The van der Waals surface area contributed by atoms with Gasteiger partial charge in [-0.15, -0.1) is 0 Å². The summed E-state index contributed by atoms with van der Waals surface area (Å²) in [6.07, 6.45) is 1.45. The molecule has 7 nitrogen and oxygen atoms in total. The zero-order chi connectivity index (χ0) is 26.6. The molecule has 0 spiro atoms. The fourth-order valence-corrected chi connectivity index (χ4v) is 4.73. The molecule has 1 saturated heterocycles. The molecule has 0 radical (unpaired) electrons. The van der Waals surface area contributed by atoms with Gasteiger partial charge in [0.1, 0.15) is 23.7 Å². The zero-order valence-electron chi connectivity index (χ0n) is 20.4. The molecule has 0 aliphatic carbocycles. The molecule has 8 heteroatoms. The van der Waals surface area contributed by atoms with Crippen LogP contribution in [0.25, 0.3) is 16.8 Å². The normalized spacial score (nSPS) is 14.6. The molecule has 4 aromatic rings. The van der Waals surface area contributed by atoms with Crippen LogP contribution in [0.3, 0.4) is 0 Å². The molecular weight excluding hydrogens is 548 g/mol. The third-order valence-corrected chi connectivity index (χ3v) is 6.66. The van der Waals surface area contributed by atoms with Gasteiger partial charge in [0.05, 0.1) is 16.8 Å². The van der Waals surface area contributed by atoms with E-state index in [1.165, 1.54) is 6.08 Å². The van der Waals surface area contributed by atoms with Gasteiger partial charge in [-0.05, 0) is 87.2 Å². The number of benzene rings is 4. The molecule has 4 aromatic carbocycles. The number of fused-ring (bicyclic) bond motifs is 1. The van der Waals surface area contributed by atoms with Crippen LogP contribution in [-0.4, -0.2) is 24.5 Å². The molecule has 1 fully saturated rings. The van der Waals surface area contributed by atoms with Crippen molar-refractivity contribution in [2.75, 3.05) is 11.5 Å². The van der Waals surface area contributed by atoms with E-state index in [-0.39, 0.29) is 5.57 Å². The van der Waals surface area contributed by atoms with Crippen LogP contribution in [0, 0.1) is 0 Å². The van der Waals surface area contributed by atoms with Gasteiger partial charge < -0.3 is 9.47 Å². The number of carbonyl (C=O) groups excluding carboxylic acids is 3. The molecule has 1 N–H and O–H groups in total. The topological polar surface area (TPSA) is 84.9 Å². The van der Waals surface area contributed by atoms with Crippen molar-refractivity contribution in [1.29, 1.82) is 0 Å². The van der Waals surface area contributed by atoms with Crippen LogP contribution in [0.5, 0.6) is 11.5 Å². The predicted octanol–water partition coefficient (Wildman–Crippen LogP) is 6.25. The van der Waals surface area contributed by atoms with E-state index in [1.807, 2.05) is 31.2 Å². The maximum absolute atomic E-state index is 13.2. The molecule has 0 aromatic heterocycles. The Kier molecular flexibility index (Phi) is 7.24. The Balaban J connectivity index is 1.35. The van der Waals surface area contributed by atoms with Gasteiger partial charge in [0.15, 0.2) is 0 Å². The number of hydrogen-bond acceptors (Lipinski definition) is 5. The lowest BCUT2D eigenvalue weighted by Crippen LogP contribution is -2.54. The summed E-state index contributed by atoms with van der Waals surface area (Å²) in [6, 6.07) is 25.2. The van der Waals surface area contributed by atoms with Gasteiger partial charge in [-0.2, -0.15) is 0 Å². The summed E-state index contributed by atoms with van der Waals surface area (Å²) in [4.78, 5) is 39.2. The summed E-state index contributed by atoms with van der Waals surface area (Å²) >= 11 is 3.53. The maximum atomic E-state index is 13.2. The van der Waals surface area contributed by atoms with E-state index in [0.29, 0.717) is 40.4 Å². The van der Waals surface area contributed by atoms with E-state index >= 15 is 0 Å². The third kappa shape index (κ3) is 5.17. The standard InChI is InChI=1S/C30H23BrN2O5/c1-2-37-23-13-11-22(12-14-23)33-29(35)25(28(34)32-30(33)36)16-19-10-15-27(26(31)17-19)38-18-21-8-5-7-20-6-3-4-9-24(20)21/h3-17H,2,18H2,1H3,(H,32,34,36)/b25-16+. The summed E-state index contributed by atoms with van der Waals surface area (Å²) in [5.74, 6) is -0.240. The van der Waals surface area contributed by atoms with Crippen molar-refractivity contribution >= 4 is 56.3 Å². The molecule has 1 aliphatic rings. The number of nitrogens with one attached hydrogen (secondary N) is 1. The lowest BCUT2D eigenvalue weighted by molar-refractivity contribution is -0.122. The number of carbonyl (C=O) groups is 3. The molecule has 38 heavy (non-hydrogen) atoms. The van der Waals surface area contributed by atoms with Crippen LogP contribution < -0.4 is 19.7 Å². The van der Waals surface area contributed by atoms with E-state index in [9.17, 15) is 14.4 Å². The van der Waals surface area contributed by atoms with Gasteiger partial charge >= 0.3 is 6.03 Å². The Labute approximate surface area is 227 Å². The minimum absolute atomic E-state index is 0.158. The van der Waals surface area contributed by atoms with Gasteiger partial charge in [0, 0.05) is 0 Å². The van der Waals surface area contributed by atoms with Crippen molar-refractivity contribution in [3.63, 3.8) is 0 Å². The lowest BCUT2D eigenvalue weighted by atomic mass is 10.1. The van der Waals surface area contributed by atoms with Crippen molar-refractivity contribution in [2.24, 2.45) is 0 Å². The van der Waals surface area contributed by atoms with Crippen LogP contribution in [0.15, 0.2) is 95.0 Å². The first-order chi connectivity index (χ1) is 18.4. The molecule has 5 rings (SSSR count). The van der Waals surface area contributed by atoms with Crippen LogP contribution >= 0.6 is 15.9 Å². The van der Waals surface area contributed by atoms with Crippen LogP contribution in [0.4, 0.5) is 10.5 Å². The van der Waals surface area contributed by atoms with Crippen molar-refractivity contribution in [3.8, 4) is 11.5 Å². The van der Waals surface area contributed by atoms with Crippen LogP contribution in [-0.2, 0) is 16.2 Å². The number of rotatable bonds is 7. The number of nitrogens with zero attached hydrogens (tertiary/aromatic N) is 1. The van der Waals surface area contributed by atoms with Crippen LogP contribution in [0.1, 0.15) is 18.1 Å². The number of imide groups is 2. The summed E-state index contributed by atoms with van der Waals surface area (Å²) in [7, 11) is 0. The molecule has 1 heterocycles. The lowest BCUT2D eigenvalue weighted by Gasteiger charge is -2.26. The second-order valence-electron chi connectivity index (χ2n) is 8.50. The van der Waals surface area contributed by atoms with Crippen molar-refractivity contribution in [1.82, 2.24) is 5.32 Å². The van der Waals surface area contributed by atoms with Crippen LogP contribution in [0.2, 0.25) is 0 Å². The first-order valence-corrected chi connectivity index (χ1v) is 12.8. The Morgan fingerprint density at radius 2 is 1.66 bits per heavy atom. The molecule has 0 saturated carbocycles. The molecule has 1 aliphatic heterocycles. The summed E-state index contributed by atoms with van der Waals surface area (Å²) in [5.41, 5.74) is 1.82. The average Bonchev–Trinajstić information content (AvgIpc) is 2.91. The first-order valence-electron chi connectivity index (χ1n) is 12.0. The number of anilines is 1. The quantitative estimate of drug-likeness (QED) is 0.210. The maximum Gasteiger partial charge on any atom is 0.335 e. The smallest absolute Gasteiger partial charge is 0.335 e. The Bertz CT molecular complexity index is 1570. The number of amides is 4. The van der Waals surface area contributed by atoms with Crippen molar-refractivity contribution in [2.45, 2.75) is 13.5 Å². The van der Waals surface area contributed by atoms with Gasteiger partial charge in [0.2, 0.25) is 0 Å². The van der Waals surface area contributed by atoms with E-state index in [4.69, 9.17) is 9.47 Å². The minimum atomic E-state index is -0.806. The first kappa shape index (κ1) is 25.2. The predicted molar refractivity (Wildman–Crippen MR) is 149 cm³/mol. The Hall–Kier alpha value is -4.43. The number of barbiturate groups is 1. The summed E-state index contributed by atoms with van der Waals surface area (Å²) in [6.45, 7) is 2.73. The molecular formula is C30H23BrN2O5. The largest absolute Gasteiger partial charge is 0.494 e. The highest BCUT2D eigenvalue weighted by atomic mass is 79.9. The Morgan fingerprint density at radius 1 is 0.895 bits per heavy atom. The number of hydrogen-bond donors (Lipinski definition) is 1. The molecule has 0 atom stereocenters. The second kappa shape index (κ2) is 10.9. The fourth-order valence-electron chi connectivity index (χ4n) is 4.21. The molecule has 0 unspecified atom stereocenters. The highest BCUT2D eigenvalue weighted by Crippen LogP contribution is 2.30. The zero-order valence-corrected chi connectivity index (χ0v) is 22.0. The van der Waals surface area contributed by atoms with E-state index in [2.05, 4.69) is 39.4 Å². The number of ether oxygens (including phenoxy) is 2. The van der Waals surface area contributed by atoms with E-state index in [1.54, 1.807) is 42.5 Å². The van der Waals surface area contributed by atoms with E-state index in [0.717, 1.165) is 21.2 Å². The summed E-state index contributed by atoms with van der Waals surface area (Å²) < 4.78 is 12.1. The molecule has 0 bridgehead atoms. The summed E-state index contributed by atoms with van der Waals surface area (Å²) in [5, 5.41) is 4.51. The van der Waals surface area contributed by atoms with Crippen molar-refractivity contribution < 1.29 is 23.9 Å². The highest BCUT2D eigenvalue weighted by molar-refractivity contribution is 9.10. The third-order valence-electron chi connectivity index (χ3n) is 6.04. The second-order valence-corrected chi connectivity index (χ2v) is 9.36. The molecule has 190 valence electrons. The van der Waals surface area contributed by atoms with Crippen molar-refractivity contribution in [3.05, 3.63) is 106 Å². The number of halogens is 1.